The maximum absolute atomic E-state index is 11.4. The molecule has 0 amide bonds. The van der Waals surface area contributed by atoms with Gasteiger partial charge in [0, 0.05) is 15.3 Å². The van der Waals surface area contributed by atoms with E-state index in [-0.39, 0.29) is 5.56 Å². The summed E-state index contributed by atoms with van der Waals surface area (Å²) in [4.78, 5) is 11.4. The standard InChI is InChI=1S/C9H12INO2/c1-6(12)5-11-7(2)8(10)3-4-9(11)13/h3-4,6,12H,5H2,1-2H3. The normalized spacial score (nSPS) is 12.9. The van der Waals surface area contributed by atoms with Crippen LogP contribution in [0.4, 0.5) is 0 Å². The number of halogens is 1. The molecule has 1 atom stereocenters. The Kier molecular flexibility index (Phi) is 3.49. The van der Waals surface area contributed by atoms with E-state index in [0.29, 0.717) is 6.54 Å². The third-order valence-electron chi connectivity index (χ3n) is 1.84. The Labute approximate surface area is 90.5 Å². The van der Waals surface area contributed by atoms with E-state index in [1.165, 1.54) is 6.07 Å². The lowest BCUT2D eigenvalue weighted by Crippen LogP contribution is -2.26. The number of hydrogen-bond donors (Lipinski definition) is 1. The van der Waals surface area contributed by atoms with Crippen molar-refractivity contribution in [2.45, 2.75) is 26.5 Å². The van der Waals surface area contributed by atoms with Gasteiger partial charge in [-0.05, 0) is 42.5 Å². The zero-order valence-corrected chi connectivity index (χ0v) is 9.78. The Balaban J connectivity index is 3.18. The van der Waals surface area contributed by atoms with Crippen LogP contribution in [0.3, 0.4) is 0 Å². The summed E-state index contributed by atoms with van der Waals surface area (Å²) in [6.45, 7) is 3.92. The smallest absolute Gasteiger partial charge is 0.250 e. The number of rotatable bonds is 2. The quantitative estimate of drug-likeness (QED) is 0.831. The van der Waals surface area contributed by atoms with Crippen molar-refractivity contribution >= 4 is 22.6 Å². The van der Waals surface area contributed by atoms with Crippen LogP contribution in [0.15, 0.2) is 16.9 Å². The second-order valence-corrected chi connectivity index (χ2v) is 4.23. The van der Waals surface area contributed by atoms with Gasteiger partial charge in [0.15, 0.2) is 0 Å². The molecule has 1 heterocycles. The van der Waals surface area contributed by atoms with E-state index in [0.717, 1.165) is 9.26 Å². The van der Waals surface area contributed by atoms with E-state index < -0.39 is 6.10 Å². The van der Waals surface area contributed by atoms with Gasteiger partial charge in [-0.3, -0.25) is 4.79 Å². The Morgan fingerprint density at radius 3 is 2.77 bits per heavy atom. The zero-order chi connectivity index (χ0) is 10.0. The molecule has 0 aliphatic rings. The lowest BCUT2D eigenvalue weighted by molar-refractivity contribution is 0.171. The first-order valence-electron chi connectivity index (χ1n) is 4.06. The van der Waals surface area contributed by atoms with Gasteiger partial charge in [0.2, 0.25) is 0 Å². The molecule has 1 N–H and O–H groups in total. The van der Waals surface area contributed by atoms with Gasteiger partial charge in [-0.1, -0.05) is 0 Å². The fraction of sp³-hybridized carbons (Fsp3) is 0.444. The van der Waals surface area contributed by atoms with Crippen LogP contribution >= 0.6 is 22.6 Å². The molecule has 3 nitrogen and oxygen atoms in total. The van der Waals surface area contributed by atoms with Crippen molar-refractivity contribution in [1.29, 1.82) is 0 Å². The first-order valence-corrected chi connectivity index (χ1v) is 5.14. The number of aromatic nitrogens is 1. The van der Waals surface area contributed by atoms with Crippen molar-refractivity contribution in [3.05, 3.63) is 31.8 Å². The molecule has 13 heavy (non-hydrogen) atoms. The third kappa shape index (κ3) is 2.54. The summed E-state index contributed by atoms with van der Waals surface area (Å²) in [5, 5.41) is 9.18. The van der Waals surface area contributed by atoms with E-state index in [9.17, 15) is 9.90 Å². The lowest BCUT2D eigenvalue weighted by atomic mass is 10.3. The average molecular weight is 293 g/mol. The van der Waals surface area contributed by atoms with Gasteiger partial charge in [0.05, 0.1) is 12.6 Å². The number of hydrogen-bond acceptors (Lipinski definition) is 2. The molecule has 1 aromatic rings. The van der Waals surface area contributed by atoms with Gasteiger partial charge in [0.1, 0.15) is 0 Å². The summed E-state index contributed by atoms with van der Waals surface area (Å²) in [5.74, 6) is 0. The van der Waals surface area contributed by atoms with Crippen molar-refractivity contribution in [3.8, 4) is 0 Å². The zero-order valence-electron chi connectivity index (χ0n) is 7.62. The summed E-state index contributed by atoms with van der Waals surface area (Å²) in [6, 6.07) is 3.31. The van der Waals surface area contributed by atoms with E-state index in [1.807, 2.05) is 6.92 Å². The SMILES string of the molecule is Cc1c(I)ccc(=O)n1CC(C)O. The second kappa shape index (κ2) is 4.23. The van der Waals surface area contributed by atoms with Crippen LogP contribution in [0.1, 0.15) is 12.6 Å². The van der Waals surface area contributed by atoms with Crippen LogP contribution in [0, 0.1) is 10.5 Å². The monoisotopic (exact) mass is 293 g/mol. The highest BCUT2D eigenvalue weighted by Crippen LogP contribution is 2.08. The molecule has 0 radical (unpaired) electrons. The molecule has 72 valence electrons. The number of aliphatic hydroxyl groups is 1. The van der Waals surface area contributed by atoms with Crippen LogP contribution in [0.5, 0.6) is 0 Å². The molecule has 0 saturated heterocycles. The lowest BCUT2D eigenvalue weighted by Gasteiger charge is -2.12. The number of pyridine rings is 1. The highest BCUT2D eigenvalue weighted by atomic mass is 127. The van der Waals surface area contributed by atoms with Crippen LogP contribution < -0.4 is 5.56 Å². The first kappa shape index (κ1) is 10.7. The van der Waals surface area contributed by atoms with Gasteiger partial charge in [-0.25, -0.2) is 0 Å². The maximum Gasteiger partial charge on any atom is 0.250 e. The van der Waals surface area contributed by atoms with Gasteiger partial charge in [0.25, 0.3) is 5.56 Å². The van der Waals surface area contributed by atoms with Crippen molar-refractivity contribution < 1.29 is 5.11 Å². The fourth-order valence-corrected chi connectivity index (χ4v) is 1.61. The molecular formula is C9H12INO2. The summed E-state index contributed by atoms with van der Waals surface area (Å²) >= 11 is 2.17. The molecule has 4 heteroatoms. The number of aliphatic hydroxyl groups excluding tert-OH is 1. The van der Waals surface area contributed by atoms with E-state index in [4.69, 9.17) is 0 Å². The molecule has 0 saturated carbocycles. The Morgan fingerprint density at radius 2 is 2.23 bits per heavy atom. The second-order valence-electron chi connectivity index (χ2n) is 3.06. The van der Waals surface area contributed by atoms with Crippen molar-refractivity contribution in [3.63, 3.8) is 0 Å². The highest BCUT2D eigenvalue weighted by Gasteiger charge is 2.05. The molecule has 0 spiro atoms. The minimum absolute atomic E-state index is 0.0567. The molecule has 0 aliphatic carbocycles. The van der Waals surface area contributed by atoms with Gasteiger partial charge < -0.3 is 9.67 Å². The summed E-state index contributed by atoms with van der Waals surface area (Å²) in [5.41, 5.74) is 0.854. The Morgan fingerprint density at radius 1 is 1.62 bits per heavy atom. The molecule has 0 aromatic carbocycles. The molecule has 0 fully saturated rings. The van der Waals surface area contributed by atoms with Gasteiger partial charge in [-0.2, -0.15) is 0 Å². The van der Waals surface area contributed by atoms with Crippen molar-refractivity contribution in [1.82, 2.24) is 4.57 Å². The summed E-state index contributed by atoms with van der Waals surface area (Å²) in [6.07, 6.45) is -0.491. The maximum atomic E-state index is 11.4. The molecule has 0 bridgehead atoms. The highest BCUT2D eigenvalue weighted by molar-refractivity contribution is 14.1. The van der Waals surface area contributed by atoms with Gasteiger partial charge >= 0.3 is 0 Å². The Hall–Kier alpha value is -0.360. The Bertz CT molecular complexity index is 357. The first-order chi connectivity index (χ1) is 6.02. The fourth-order valence-electron chi connectivity index (χ4n) is 1.14. The van der Waals surface area contributed by atoms with Crippen LogP contribution in [0.25, 0.3) is 0 Å². The third-order valence-corrected chi connectivity index (χ3v) is 2.98. The average Bonchev–Trinajstić information content (AvgIpc) is 2.05. The predicted molar refractivity (Wildman–Crippen MR) is 59.8 cm³/mol. The molecule has 0 aliphatic heterocycles. The topological polar surface area (TPSA) is 42.2 Å². The van der Waals surface area contributed by atoms with E-state index in [1.54, 1.807) is 17.6 Å². The summed E-state index contributed by atoms with van der Waals surface area (Å²) in [7, 11) is 0. The van der Waals surface area contributed by atoms with Crippen LogP contribution in [-0.2, 0) is 6.54 Å². The molecule has 1 unspecified atom stereocenters. The van der Waals surface area contributed by atoms with E-state index in [2.05, 4.69) is 22.6 Å². The van der Waals surface area contributed by atoms with Crippen LogP contribution in [-0.4, -0.2) is 15.8 Å². The summed E-state index contributed by atoms with van der Waals surface area (Å²) < 4.78 is 2.63. The largest absolute Gasteiger partial charge is 0.392 e. The molecular weight excluding hydrogens is 281 g/mol. The molecule has 1 rings (SSSR count). The van der Waals surface area contributed by atoms with Crippen LogP contribution in [0.2, 0.25) is 0 Å². The minimum Gasteiger partial charge on any atom is -0.392 e. The predicted octanol–water partition coefficient (Wildman–Crippen LogP) is 1.14. The van der Waals surface area contributed by atoms with E-state index >= 15 is 0 Å². The van der Waals surface area contributed by atoms with Crippen molar-refractivity contribution in [2.24, 2.45) is 0 Å². The molecule has 1 aromatic heterocycles. The van der Waals surface area contributed by atoms with Crippen molar-refractivity contribution in [2.75, 3.05) is 0 Å². The van der Waals surface area contributed by atoms with Gasteiger partial charge in [-0.15, -0.1) is 0 Å². The number of nitrogens with zero attached hydrogens (tertiary/aromatic N) is 1. The minimum atomic E-state index is -0.491.